The van der Waals surface area contributed by atoms with Gasteiger partial charge in [-0.15, -0.1) is 0 Å². The molecule has 2 aliphatic heterocycles. The van der Waals surface area contributed by atoms with Gasteiger partial charge in [-0.3, -0.25) is 4.79 Å². The van der Waals surface area contributed by atoms with Crippen molar-refractivity contribution in [2.45, 2.75) is 58.2 Å². The molecule has 0 aromatic heterocycles. The topological polar surface area (TPSA) is 71.1 Å². The Bertz CT molecular complexity index is 1070. The fourth-order valence-corrected chi connectivity index (χ4v) is 5.30. The summed E-state index contributed by atoms with van der Waals surface area (Å²) < 4.78 is 25.0. The molecule has 4 rings (SSSR count). The number of ether oxygens (including phenoxy) is 2. The summed E-state index contributed by atoms with van der Waals surface area (Å²) in [7, 11) is 0. The maximum Gasteiger partial charge on any atom is 0.409 e. The molecule has 2 aliphatic rings. The number of carbonyl (C=O) groups is 2. The van der Waals surface area contributed by atoms with Crippen LogP contribution in [0.2, 0.25) is 0 Å². The highest BCUT2D eigenvalue weighted by Crippen LogP contribution is 2.25. The van der Waals surface area contributed by atoms with Gasteiger partial charge in [-0.05, 0) is 101 Å². The first-order valence-corrected chi connectivity index (χ1v) is 14.2. The molecule has 2 saturated heterocycles. The van der Waals surface area contributed by atoms with Gasteiger partial charge in [-0.25, -0.2) is 9.18 Å². The molecule has 2 heterocycles. The third-order valence-electron chi connectivity index (χ3n) is 7.48. The molecule has 0 radical (unpaired) electrons. The molecule has 0 spiro atoms. The predicted octanol–water partition coefficient (Wildman–Crippen LogP) is 5.54. The Balaban J connectivity index is 1.21. The zero-order valence-corrected chi connectivity index (χ0v) is 23.5. The smallest absolute Gasteiger partial charge is 0.409 e. The number of hydrogen-bond acceptors (Lipinski definition) is 5. The van der Waals surface area contributed by atoms with E-state index < -0.39 is 5.67 Å². The summed E-state index contributed by atoms with van der Waals surface area (Å²) in [6.07, 6.45) is 3.21. The van der Waals surface area contributed by atoms with Gasteiger partial charge in [0.1, 0.15) is 11.4 Å². The molecule has 2 aromatic carbocycles. The standard InChI is InChI=1S/C31H42FN3O4/c1-4-38-30(37)35-19-15-27(16-20-35)33-29(36)26-7-5-24(6-8-26)25-9-11-28(12-10-25)39-21-23-13-17-34(18-14-23)22-31(2,3)32/h5-12,23,27H,4,13-22H2,1-3H3,(H,33,36). The molecule has 0 unspecified atom stereocenters. The Morgan fingerprint density at radius 1 is 0.923 bits per heavy atom. The van der Waals surface area contributed by atoms with E-state index in [0.29, 0.717) is 57.2 Å². The average Bonchev–Trinajstić information content (AvgIpc) is 2.93. The van der Waals surface area contributed by atoms with Crippen LogP contribution in [0.4, 0.5) is 9.18 Å². The van der Waals surface area contributed by atoms with Crippen LogP contribution in [-0.2, 0) is 4.74 Å². The first kappa shape index (κ1) is 28.9. The Morgan fingerprint density at radius 3 is 2.08 bits per heavy atom. The third kappa shape index (κ3) is 8.68. The highest BCUT2D eigenvalue weighted by molar-refractivity contribution is 5.94. The highest BCUT2D eigenvalue weighted by atomic mass is 19.1. The van der Waals surface area contributed by atoms with Gasteiger partial charge in [-0.2, -0.15) is 0 Å². The van der Waals surface area contributed by atoms with E-state index in [-0.39, 0.29) is 18.0 Å². The number of benzene rings is 2. The lowest BCUT2D eigenvalue weighted by Gasteiger charge is -2.34. The minimum Gasteiger partial charge on any atom is -0.493 e. The predicted molar refractivity (Wildman–Crippen MR) is 151 cm³/mol. The van der Waals surface area contributed by atoms with E-state index in [1.54, 1.807) is 25.7 Å². The van der Waals surface area contributed by atoms with Gasteiger partial charge in [0.25, 0.3) is 5.91 Å². The van der Waals surface area contributed by atoms with Crippen molar-refractivity contribution >= 4 is 12.0 Å². The van der Waals surface area contributed by atoms with E-state index in [4.69, 9.17) is 9.47 Å². The molecular weight excluding hydrogens is 497 g/mol. The van der Waals surface area contributed by atoms with Crippen LogP contribution in [0.1, 0.15) is 56.8 Å². The van der Waals surface area contributed by atoms with Crippen molar-refractivity contribution in [3.8, 4) is 16.9 Å². The second-order valence-electron chi connectivity index (χ2n) is 11.3. The molecule has 0 bridgehead atoms. The minimum absolute atomic E-state index is 0.0465. The van der Waals surface area contributed by atoms with Crippen LogP contribution in [0.3, 0.4) is 0 Å². The third-order valence-corrected chi connectivity index (χ3v) is 7.48. The molecule has 2 amide bonds. The van der Waals surface area contributed by atoms with Crippen molar-refractivity contribution in [2.24, 2.45) is 5.92 Å². The molecule has 7 nitrogen and oxygen atoms in total. The van der Waals surface area contributed by atoms with E-state index >= 15 is 0 Å². The Morgan fingerprint density at radius 2 is 1.51 bits per heavy atom. The van der Waals surface area contributed by atoms with Crippen molar-refractivity contribution in [1.29, 1.82) is 0 Å². The Kier molecular flexibility index (Phi) is 9.83. The van der Waals surface area contributed by atoms with Crippen molar-refractivity contribution in [3.05, 3.63) is 54.1 Å². The molecule has 1 N–H and O–H groups in total. The molecule has 0 atom stereocenters. The zero-order chi connectivity index (χ0) is 27.8. The average molecular weight is 540 g/mol. The molecular formula is C31H42FN3O4. The Labute approximate surface area is 231 Å². The van der Waals surface area contributed by atoms with Gasteiger partial charge in [0.2, 0.25) is 0 Å². The largest absolute Gasteiger partial charge is 0.493 e. The second kappa shape index (κ2) is 13.3. The lowest BCUT2D eigenvalue weighted by atomic mass is 9.97. The van der Waals surface area contributed by atoms with E-state index in [2.05, 4.69) is 10.2 Å². The van der Waals surface area contributed by atoms with Crippen molar-refractivity contribution in [2.75, 3.05) is 45.9 Å². The summed E-state index contributed by atoms with van der Waals surface area (Å²) >= 11 is 0. The number of nitrogens with one attached hydrogen (secondary N) is 1. The fraction of sp³-hybridized carbons (Fsp3) is 0.548. The van der Waals surface area contributed by atoms with Crippen molar-refractivity contribution in [1.82, 2.24) is 15.1 Å². The van der Waals surface area contributed by atoms with Gasteiger partial charge >= 0.3 is 6.09 Å². The molecule has 0 saturated carbocycles. The summed E-state index contributed by atoms with van der Waals surface area (Å²) in [6.45, 7) is 9.62. The quantitative estimate of drug-likeness (QED) is 0.453. The second-order valence-corrected chi connectivity index (χ2v) is 11.3. The monoisotopic (exact) mass is 539 g/mol. The molecule has 212 valence electrons. The summed E-state index contributed by atoms with van der Waals surface area (Å²) in [6, 6.07) is 15.7. The molecule has 0 aliphatic carbocycles. The van der Waals surface area contributed by atoms with Crippen LogP contribution in [0.5, 0.6) is 5.75 Å². The number of piperidine rings is 2. The van der Waals surface area contributed by atoms with Crippen LogP contribution in [0.15, 0.2) is 48.5 Å². The van der Waals surface area contributed by atoms with Gasteiger partial charge < -0.3 is 24.6 Å². The van der Waals surface area contributed by atoms with Crippen LogP contribution in [0, 0.1) is 5.92 Å². The van der Waals surface area contributed by atoms with E-state index in [1.165, 1.54) is 0 Å². The normalized spacial score (nSPS) is 17.6. The number of amides is 2. The number of nitrogens with zero attached hydrogens (tertiary/aromatic N) is 2. The minimum atomic E-state index is -1.15. The Hall–Kier alpha value is -3.13. The number of likely N-dealkylation sites (tertiary alicyclic amines) is 2. The first-order valence-electron chi connectivity index (χ1n) is 14.2. The molecule has 39 heavy (non-hydrogen) atoms. The van der Waals surface area contributed by atoms with Gasteiger partial charge in [0.15, 0.2) is 0 Å². The SMILES string of the molecule is CCOC(=O)N1CCC(NC(=O)c2ccc(-c3ccc(OCC4CCN(CC(C)(C)F)CC4)cc3)cc2)CC1. The fourth-order valence-electron chi connectivity index (χ4n) is 5.30. The number of halogens is 1. The highest BCUT2D eigenvalue weighted by Gasteiger charge is 2.26. The lowest BCUT2D eigenvalue weighted by Crippen LogP contribution is -2.46. The summed E-state index contributed by atoms with van der Waals surface area (Å²) in [5.74, 6) is 1.24. The molecule has 2 fully saturated rings. The van der Waals surface area contributed by atoms with Crippen LogP contribution in [-0.4, -0.2) is 79.4 Å². The zero-order valence-electron chi connectivity index (χ0n) is 23.5. The number of hydrogen-bond donors (Lipinski definition) is 1. The van der Waals surface area contributed by atoms with E-state index in [0.717, 1.165) is 42.8 Å². The lowest BCUT2D eigenvalue weighted by molar-refractivity contribution is 0.0835. The maximum atomic E-state index is 13.9. The maximum absolute atomic E-state index is 13.9. The van der Waals surface area contributed by atoms with Crippen molar-refractivity contribution in [3.63, 3.8) is 0 Å². The van der Waals surface area contributed by atoms with Gasteiger partial charge in [0.05, 0.1) is 13.2 Å². The van der Waals surface area contributed by atoms with Crippen LogP contribution in [0.25, 0.3) is 11.1 Å². The van der Waals surface area contributed by atoms with E-state index in [1.807, 2.05) is 48.5 Å². The summed E-state index contributed by atoms with van der Waals surface area (Å²) in [5.41, 5.74) is 1.56. The number of alkyl halides is 1. The number of rotatable bonds is 9. The summed E-state index contributed by atoms with van der Waals surface area (Å²) in [4.78, 5) is 28.5. The van der Waals surface area contributed by atoms with Crippen LogP contribution < -0.4 is 10.1 Å². The molecule has 8 heteroatoms. The molecule has 2 aromatic rings. The summed E-state index contributed by atoms with van der Waals surface area (Å²) in [5, 5.41) is 3.09. The van der Waals surface area contributed by atoms with Gasteiger partial charge in [-0.1, -0.05) is 24.3 Å². The van der Waals surface area contributed by atoms with Crippen molar-refractivity contribution < 1.29 is 23.5 Å². The van der Waals surface area contributed by atoms with Crippen LogP contribution >= 0.6 is 0 Å². The van der Waals surface area contributed by atoms with Gasteiger partial charge in [0, 0.05) is 31.2 Å². The first-order chi connectivity index (χ1) is 18.7. The number of carbonyl (C=O) groups excluding carboxylic acids is 2. The van der Waals surface area contributed by atoms with E-state index in [9.17, 15) is 14.0 Å².